The maximum absolute atomic E-state index is 12.4. The van der Waals surface area contributed by atoms with E-state index in [-0.39, 0.29) is 5.91 Å². The van der Waals surface area contributed by atoms with E-state index in [1.807, 2.05) is 43.3 Å². The second kappa shape index (κ2) is 9.12. The fourth-order valence-electron chi connectivity index (χ4n) is 2.96. The number of nitrogens with zero attached hydrogens (tertiary/aromatic N) is 1. The van der Waals surface area contributed by atoms with Gasteiger partial charge in [-0.1, -0.05) is 48.0 Å². The van der Waals surface area contributed by atoms with Crippen molar-refractivity contribution in [2.24, 2.45) is 5.10 Å². The number of hydrazone groups is 1. The maximum Gasteiger partial charge on any atom is 0.343 e. The van der Waals surface area contributed by atoms with Crippen LogP contribution in [-0.4, -0.2) is 18.1 Å². The van der Waals surface area contributed by atoms with Crippen molar-refractivity contribution in [3.05, 3.63) is 99.4 Å². The van der Waals surface area contributed by atoms with Crippen LogP contribution in [0.25, 0.3) is 10.1 Å². The van der Waals surface area contributed by atoms with Crippen LogP contribution in [0.3, 0.4) is 0 Å². The van der Waals surface area contributed by atoms with Gasteiger partial charge in [0.25, 0.3) is 5.91 Å². The molecule has 1 aromatic heterocycles. The molecule has 0 atom stereocenters. The third-order valence-corrected chi connectivity index (χ3v) is 6.25. The lowest BCUT2D eigenvalue weighted by Crippen LogP contribution is -2.16. The van der Waals surface area contributed by atoms with Gasteiger partial charge in [0.05, 0.1) is 16.8 Å². The van der Waals surface area contributed by atoms with E-state index in [1.165, 1.54) is 17.6 Å². The quantitative estimate of drug-likeness (QED) is 0.180. The van der Waals surface area contributed by atoms with Gasteiger partial charge in [0.1, 0.15) is 10.6 Å². The second-order valence-electron chi connectivity index (χ2n) is 6.71. The molecule has 0 aliphatic carbocycles. The lowest BCUT2D eigenvalue weighted by atomic mass is 10.1. The van der Waals surface area contributed by atoms with Gasteiger partial charge in [-0.2, -0.15) is 5.10 Å². The predicted molar refractivity (Wildman–Crippen MR) is 124 cm³/mol. The summed E-state index contributed by atoms with van der Waals surface area (Å²) in [4.78, 5) is 25.1. The van der Waals surface area contributed by atoms with Gasteiger partial charge in [0, 0.05) is 10.1 Å². The highest BCUT2D eigenvalue weighted by Gasteiger charge is 2.16. The molecular weight excluding hydrogens is 432 g/mol. The summed E-state index contributed by atoms with van der Waals surface area (Å²) in [5.74, 6) is -0.357. The molecule has 7 heteroatoms. The monoisotopic (exact) mass is 448 g/mol. The summed E-state index contributed by atoms with van der Waals surface area (Å²) >= 11 is 7.64. The molecule has 4 aromatic rings. The lowest BCUT2D eigenvalue weighted by Gasteiger charge is -2.06. The Bertz CT molecular complexity index is 1300. The number of fused-ring (bicyclic) bond motifs is 1. The molecule has 0 spiro atoms. The van der Waals surface area contributed by atoms with E-state index >= 15 is 0 Å². The summed E-state index contributed by atoms with van der Waals surface area (Å²) in [5, 5.41) is 5.27. The highest BCUT2D eigenvalue weighted by Crippen LogP contribution is 2.34. The number of halogens is 1. The minimum Gasteiger partial charge on any atom is -0.423 e. The van der Waals surface area contributed by atoms with Crippen molar-refractivity contribution >= 4 is 51.1 Å². The Hall–Kier alpha value is -3.48. The maximum atomic E-state index is 12.4. The van der Waals surface area contributed by atoms with Crippen molar-refractivity contribution in [3.8, 4) is 5.75 Å². The Kier molecular flexibility index (Phi) is 6.11. The summed E-state index contributed by atoms with van der Waals surface area (Å²) in [6.07, 6.45) is 1.51. The third-order valence-electron chi connectivity index (χ3n) is 4.58. The molecule has 1 heterocycles. The SMILES string of the molecule is Cc1ccccc1C(=O)Oc1ccc(/C=N/NC(=O)c2sc3ccccc3c2Cl)cc1. The van der Waals surface area contributed by atoms with Gasteiger partial charge >= 0.3 is 5.97 Å². The van der Waals surface area contributed by atoms with Crippen molar-refractivity contribution < 1.29 is 14.3 Å². The van der Waals surface area contributed by atoms with Crippen LogP contribution in [0, 0.1) is 6.92 Å². The van der Waals surface area contributed by atoms with Crippen LogP contribution in [0.15, 0.2) is 77.9 Å². The number of ether oxygens (including phenoxy) is 1. The molecule has 4 rings (SSSR count). The highest BCUT2D eigenvalue weighted by atomic mass is 35.5. The largest absolute Gasteiger partial charge is 0.423 e. The minimum absolute atomic E-state index is 0.369. The van der Waals surface area contributed by atoms with Crippen molar-refractivity contribution in [1.82, 2.24) is 5.43 Å². The summed E-state index contributed by atoms with van der Waals surface area (Å²) in [6, 6.07) is 21.6. The molecule has 1 N–H and O–H groups in total. The third kappa shape index (κ3) is 4.66. The van der Waals surface area contributed by atoms with E-state index in [0.29, 0.717) is 21.2 Å². The van der Waals surface area contributed by atoms with Gasteiger partial charge in [0.15, 0.2) is 0 Å². The minimum atomic E-state index is -0.410. The number of rotatable bonds is 5. The smallest absolute Gasteiger partial charge is 0.343 e. The van der Waals surface area contributed by atoms with Crippen LogP contribution in [-0.2, 0) is 0 Å². The number of nitrogens with one attached hydrogen (secondary N) is 1. The normalized spacial score (nSPS) is 11.0. The molecule has 0 radical (unpaired) electrons. The number of hydrogen-bond donors (Lipinski definition) is 1. The Labute approximate surface area is 187 Å². The molecular formula is C24H17ClN2O3S. The predicted octanol–water partition coefficient (Wildman–Crippen LogP) is 5.85. The standard InChI is InChI=1S/C24H17ClN2O3S/c1-15-6-2-3-7-18(15)24(29)30-17-12-10-16(11-13-17)14-26-27-23(28)22-21(25)19-8-4-5-9-20(19)31-22/h2-14H,1H3,(H,27,28)/b26-14+. The molecule has 0 saturated heterocycles. The van der Waals surface area contributed by atoms with Gasteiger partial charge in [0.2, 0.25) is 0 Å². The molecule has 0 unspecified atom stereocenters. The zero-order valence-electron chi connectivity index (χ0n) is 16.5. The van der Waals surface area contributed by atoms with E-state index in [0.717, 1.165) is 21.2 Å². The van der Waals surface area contributed by atoms with Gasteiger partial charge < -0.3 is 4.74 Å². The number of esters is 1. The van der Waals surface area contributed by atoms with Gasteiger partial charge in [-0.3, -0.25) is 4.79 Å². The van der Waals surface area contributed by atoms with Crippen molar-refractivity contribution in [1.29, 1.82) is 0 Å². The number of carbonyl (C=O) groups excluding carboxylic acids is 2. The van der Waals surface area contributed by atoms with E-state index in [2.05, 4.69) is 10.5 Å². The Morgan fingerprint density at radius 3 is 2.45 bits per heavy atom. The first kappa shape index (κ1) is 20.8. The highest BCUT2D eigenvalue weighted by molar-refractivity contribution is 7.21. The summed E-state index contributed by atoms with van der Waals surface area (Å²) in [5.41, 5.74) is 4.61. The molecule has 1 amide bonds. The summed E-state index contributed by atoms with van der Waals surface area (Å²) in [6.45, 7) is 1.86. The number of amides is 1. The number of thiophene rings is 1. The first-order valence-corrected chi connectivity index (χ1v) is 10.6. The number of benzene rings is 3. The Morgan fingerprint density at radius 2 is 1.71 bits per heavy atom. The molecule has 3 aromatic carbocycles. The summed E-state index contributed by atoms with van der Waals surface area (Å²) in [7, 11) is 0. The molecule has 154 valence electrons. The molecule has 5 nitrogen and oxygen atoms in total. The number of aryl methyl sites for hydroxylation is 1. The van der Waals surface area contributed by atoms with E-state index in [4.69, 9.17) is 16.3 Å². The molecule has 31 heavy (non-hydrogen) atoms. The van der Waals surface area contributed by atoms with Crippen LogP contribution in [0.4, 0.5) is 0 Å². The van der Waals surface area contributed by atoms with Crippen molar-refractivity contribution in [2.45, 2.75) is 6.92 Å². The first-order chi connectivity index (χ1) is 15.0. The van der Waals surface area contributed by atoms with E-state index < -0.39 is 5.97 Å². The topological polar surface area (TPSA) is 67.8 Å². The van der Waals surface area contributed by atoms with Gasteiger partial charge in [-0.15, -0.1) is 11.3 Å². The number of hydrogen-bond acceptors (Lipinski definition) is 5. The van der Waals surface area contributed by atoms with E-state index in [9.17, 15) is 9.59 Å². The van der Waals surface area contributed by atoms with Crippen LogP contribution in [0.1, 0.15) is 31.2 Å². The Balaban J connectivity index is 1.38. The first-order valence-electron chi connectivity index (χ1n) is 9.41. The molecule has 0 saturated carbocycles. The van der Waals surface area contributed by atoms with Crippen LogP contribution < -0.4 is 10.2 Å². The van der Waals surface area contributed by atoms with Gasteiger partial charge in [-0.25, -0.2) is 10.2 Å². The molecule has 0 bridgehead atoms. The fraction of sp³-hybridized carbons (Fsp3) is 0.0417. The molecule has 0 fully saturated rings. The average Bonchev–Trinajstić information content (AvgIpc) is 3.12. The second-order valence-corrected chi connectivity index (χ2v) is 8.14. The van der Waals surface area contributed by atoms with Crippen molar-refractivity contribution in [3.63, 3.8) is 0 Å². The fourth-order valence-corrected chi connectivity index (χ4v) is 4.37. The van der Waals surface area contributed by atoms with Crippen LogP contribution >= 0.6 is 22.9 Å². The Morgan fingerprint density at radius 1 is 1.00 bits per heavy atom. The zero-order chi connectivity index (χ0) is 21.8. The van der Waals surface area contributed by atoms with Crippen LogP contribution in [0.2, 0.25) is 5.02 Å². The van der Waals surface area contributed by atoms with E-state index in [1.54, 1.807) is 36.4 Å². The molecule has 0 aliphatic rings. The van der Waals surface area contributed by atoms with Gasteiger partial charge in [-0.05, 0) is 54.4 Å². The number of carbonyl (C=O) groups is 2. The zero-order valence-corrected chi connectivity index (χ0v) is 18.0. The average molecular weight is 449 g/mol. The van der Waals surface area contributed by atoms with Crippen LogP contribution in [0.5, 0.6) is 5.75 Å². The summed E-state index contributed by atoms with van der Waals surface area (Å²) < 4.78 is 6.35. The molecule has 0 aliphatic heterocycles. The lowest BCUT2D eigenvalue weighted by molar-refractivity contribution is 0.0733. The van der Waals surface area contributed by atoms with Crippen molar-refractivity contribution in [2.75, 3.05) is 0 Å².